The molecule has 2 aromatic rings. The fourth-order valence-corrected chi connectivity index (χ4v) is 1.98. The molecular formula is C10H10BrN. The lowest BCUT2D eigenvalue weighted by Gasteiger charge is -2.00. The summed E-state index contributed by atoms with van der Waals surface area (Å²) in [6.07, 6.45) is 1.98. The van der Waals surface area contributed by atoms with Crippen LogP contribution in [-0.2, 0) is 5.33 Å². The average Bonchev–Trinajstić information content (AvgIpc) is 2.50. The third-order valence-electron chi connectivity index (χ3n) is 2.04. The SMILES string of the molecule is Cc1cc(CBr)c2cc[nH]c2c1. The number of aryl methyl sites for hydroxylation is 1. The fraction of sp³-hybridized carbons (Fsp3) is 0.200. The predicted molar refractivity (Wildman–Crippen MR) is 55.7 cm³/mol. The Morgan fingerprint density at radius 1 is 1.42 bits per heavy atom. The Kier molecular flexibility index (Phi) is 1.93. The number of nitrogens with one attached hydrogen (secondary N) is 1. The van der Waals surface area contributed by atoms with Crippen molar-refractivity contribution in [3.63, 3.8) is 0 Å². The van der Waals surface area contributed by atoms with Crippen LogP contribution in [0.2, 0.25) is 0 Å². The van der Waals surface area contributed by atoms with E-state index < -0.39 is 0 Å². The van der Waals surface area contributed by atoms with Gasteiger partial charge in [0.25, 0.3) is 0 Å². The minimum absolute atomic E-state index is 0.920. The Hall–Kier alpha value is -0.760. The summed E-state index contributed by atoms with van der Waals surface area (Å²) in [5.41, 5.74) is 3.88. The number of halogens is 1. The normalized spacial score (nSPS) is 10.8. The highest BCUT2D eigenvalue weighted by Gasteiger charge is 2.00. The van der Waals surface area contributed by atoms with Crippen LogP contribution >= 0.6 is 15.9 Å². The van der Waals surface area contributed by atoms with Crippen LogP contribution in [0.15, 0.2) is 24.4 Å². The molecule has 0 saturated heterocycles. The van der Waals surface area contributed by atoms with E-state index in [0.29, 0.717) is 0 Å². The van der Waals surface area contributed by atoms with E-state index in [1.807, 2.05) is 6.20 Å². The predicted octanol–water partition coefficient (Wildman–Crippen LogP) is 3.37. The fourth-order valence-electron chi connectivity index (χ4n) is 1.51. The molecule has 0 bridgehead atoms. The van der Waals surface area contributed by atoms with Crippen LogP contribution < -0.4 is 0 Å². The molecule has 1 N–H and O–H groups in total. The van der Waals surface area contributed by atoms with Crippen molar-refractivity contribution in [3.8, 4) is 0 Å². The molecule has 0 aliphatic carbocycles. The number of H-pyrrole nitrogens is 1. The lowest BCUT2D eigenvalue weighted by Crippen LogP contribution is -1.81. The first-order valence-electron chi connectivity index (χ1n) is 3.94. The zero-order chi connectivity index (χ0) is 8.55. The molecule has 1 nitrogen and oxygen atoms in total. The van der Waals surface area contributed by atoms with Crippen molar-refractivity contribution in [2.24, 2.45) is 0 Å². The lowest BCUT2D eigenvalue weighted by atomic mass is 10.1. The van der Waals surface area contributed by atoms with Gasteiger partial charge in [0.2, 0.25) is 0 Å². The zero-order valence-electron chi connectivity index (χ0n) is 6.89. The largest absolute Gasteiger partial charge is 0.361 e. The Labute approximate surface area is 79.9 Å². The van der Waals surface area contributed by atoms with Gasteiger partial charge in [-0.15, -0.1) is 0 Å². The van der Waals surface area contributed by atoms with Gasteiger partial charge in [0.15, 0.2) is 0 Å². The molecule has 1 aromatic heterocycles. The minimum Gasteiger partial charge on any atom is -0.361 e. The van der Waals surface area contributed by atoms with E-state index in [4.69, 9.17) is 0 Å². The number of aromatic nitrogens is 1. The zero-order valence-corrected chi connectivity index (χ0v) is 8.48. The van der Waals surface area contributed by atoms with E-state index in [1.54, 1.807) is 0 Å². The third kappa shape index (κ3) is 1.16. The number of fused-ring (bicyclic) bond motifs is 1. The maximum absolute atomic E-state index is 3.48. The van der Waals surface area contributed by atoms with Crippen LogP contribution in [0.25, 0.3) is 10.9 Å². The van der Waals surface area contributed by atoms with E-state index in [0.717, 1.165) is 5.33 Å². The summed E-state index contributed by atoms with van der Waals surface area (Å²) in [7, 11) is 0. The van der Waals surface area contributed by atoms with E-state index in [9.17, 15) is 0 Å². The molecule has 2 rings (SSSR count). The van der Waals surface area contributed by atoms with Crippen molar-refractivity contribution in [3.05, 3.63) is 35.5 Å². The van der Waals surface area contributed by atoms with Crippen LogP contribution in [0.4, 0.5) is 0 Å². The van der Waals surface area contributed by atoms with Gasteiger partial charge in [0, 0.05) is 22.4 Å². The summed E-state index contributed by atoms with van der Waals surface area (Å²) in [6.45, 7) is 2.12. The number of hydrogen-bond acceptors (Lipinski definition) is 0. The van der Waals surface area contributed by atoms with Gasteiger partial charge in [0.05, 0.1) is 0 Å². The van der Waals surface area contributed by atoms with Crippen LogP contribution in [0.5, 0.6) is 0 Å². The first kappa shape index (κ1) is 7.87. The molecule has 0 atom stereocenters. The molecule has 12 heavy (non-hydrogen) atoms. The highest BCUT2D eigenvalue weighted by atomic mass is 79.9. The maximum atomic E-state index is 3.48. The number of rotatable bonds is 1. The quantitative estimate of drug-likeness (QED) is 0.714. The molecule has 0 spiro atoms. The minimum atomic E-state index is 0.920. The Bertz CT molecular complexity index is 403. The molecule has 1 heterocycles. The van der Waals surface area contributed by atoms with Crippen LogP contribution in [0.1, 0.15) is 11.1 Å². The van der Waals surface area contributed by atoms with Crippen LogP contribution in [-0.4, -0.2) is 4.98 Å². The second kappa shape index (κ2) is 2.94. The number of aromatic amines is 1. The summed E-state index contributed by atoms with van der Waals surface area (Å²) in [5.74, 6) is 0. The molecule has 2 heteroatoms. The average molecular weight is 224 g/mol. The van der Waals surface area contributed by atoms with Crippen molar-refractivity contribution >= 4 is 26.8 Å². The van der Waals surface area contributed by atoms with E-state index in [-0.39, 0.29) is 0 Å². The van der Waals surface area contributed by atoms with Crippen LogP contribution in [0, 0.1) is 6.92 Å². The lowest BCUT2D eigenvalue weighted by molar-refractivity contribution is 1.39. The van der Waals surface area contributed by atoms with Gasteiger partial charge in [-0.05, 0) is 30.2 Å². The van der Waals surface area contributed by atoms with Gasteiger partial charge in [-0.2, -0.15) is 0 Å². The molecule has 0 saturated carbocycles. The second-order valence-corrected chi connectivity index (χ2v) is 3.56. The monoisotopic (exact) mass is 223 g/mol. The van der Waals surface area contributed by atoms with E-state index in [2.05, 4.69) is 46.0 Å². The topological polar surface area (TPSA) is 15.8 Å². The van der Waals surface area contributed by atoms with Gasteiger partial charge >= 0.3 is 0 Å². The Morgan fingerprint density at radius 3 is 3.00 bits per heavy atom. The van der Waals surface area contributed by atoms with Crippen LogP contribution in [0.3, 0.4) is 0 Å². The second-order valence-electron chi connectivity index (χ2n) is 3.00. The summed E-state index contributed by atoms with van der Waals surface area (Å²) in [5, 5.41) is 2.24. The first-order valence-corrected chi connectivity index (χ1v) is 5.06. The van der Waals surface area contributed by atoms with Crippen molar-refractivity contribution in [1.29, 1.82) is 0 Å². The smallest absolute Gasteiger partial charge is 0.0459 e. The Balaban J connectivity index is 2.80. The molecule has 0 radical (unpaired) electrons. The molecule has 0 fully saturated rings. The molecule has 1 aromatic carbocycles. The highest BCUT2D eigenvalue weighted by Crippen LogP contribution is 2.21. The summed E-state index contributed by atoms with van der Waals surface area (Å²) < 4.78 is 0. The summed E-state index contributed by atoms with van der Waals surface area (Å²) in [4.78, 5) is 3.21. The third-order valence-corrected chi connectivity index (χ3v) is 2.65. The van der Waals surface area contributed by atoms with Crippen molar-refractivity contribution in [2.75, 3.05) is 0 Å². The van der Waals surface area contributed by atoms with Gasteiger partial charge in [-0.3, -0.25) is 0 Å². The van der Waals surface area contributed by atoms with Gasteiger partial charge in [-0.25, -0.2) is 0 Å². The van der Waals surface area contributed by atoms with E-state index in [1.165, 1.54) is 22.0 Å². The van der Waals surface area contributed by atoms with E-state index >= 15 is 0 Å². The molecule has 0 amide bonds. The number of alkyl halides is 1. The Morgan fingerprint density at radius 2 is 2.25 bits per heavy atom. The standard InChI is InChI=1S/C10H10BrN/c1-7-4-8(6-11)9-2-3-12-10(9)5-7/h2-5,12H,6H2,1H3. The van der Waals surface area contributed by atoms with Gasteiger partial charge in [-0.1, -0.05) is 22.0 Å². The first-order chi connectivity index (χ1) is 5.81. The molecule has 62 valence electrons. The van der Waals surface area contributed by atoms with Crippen molar-refractivity contribution in [1.82, 2.24) is 4.98 Å². The molecular weight excluding hydrogens is 214 g/mol. The molecule has 0 aliphatic rings. The van der Waals surface area contributed by atoms with Crippen molar-refractivity contribution in [2.45, 2.75) is 12.3 Å². The van der Waals surface area contributed by atoms with Gasteiger partial charge < -0.3 is 4.98 Å². The summed E-state index contributed by atoms with van der Waals surface area (Å²) >= 11 is 3.48. The highest BCUT2D eigenvalue weighted by molar-refractivity contribution is 9.08. The number of benzene rings is 1. The van der Waals surface area contributed by atoms with Gasteiger partial charge in [0.1, 0.15) is 0 Å². The van der Waals surface area contributed by atoms with Crippen molar-refractivity contribution < 1.29 is 0 Å². The maximum Gasteiger partial charge on any atom is 0.0459 e. The molecule has 0 aliphatic heterocycles. The number of hydrogen-bond donors (Lipinski definition) is 1. The molecule has 0 unspecified atom stereocenters. The summed E-state index contributed by atoms with van der Waals surface area (Å²) in [6, 6.07) is 6.50.